The van der Waals surface area contributed by atoms with Crippen LogP contribution in [0.2, 0.25) is 0 Å². The van der Waals surface area contributed by atoms with Gasteiger partial charge in [0.2, 0.25) is 0 Å². The first-order valence-electron chi connectivity index (χ1n) is 4.45. The highest BCUT2D eigenvalue weighted by atomic mass is 19.4. The molecule has 0 aliphatic heterocycles. The Morgan fingerprint density at radius 3 is 2.00 bits per heavy atom. The quantitative estimate of drug-likeness (QED) is 0.526. The van der Waals surface area contributed by atoms with Crippen molar-refractivity contribution in [2.45, 2.75) is 26.9 Å². The van der Waals surface area contributed by atoms with Crippen molar-refractivity contribution in [3.05, 3.63) is 29.1 Å². The molecule has 0 saturated heterocycles. The number of aryl methyl sites for hydroxylation is 1. The molecule has 0 heterocycles. The molecule has 1 aromatic carbocycles. The Morgan fingerprint density at radius 2 is 1.60 bits per heavy atom. The lowest BCUT2D eigenvalue weighted by atomic mass is 10.1. The molecule has 0 amide bonds. The van der Waals surface area contributed by atoms with Crippen LogP contribution in [0, 0.1) is 12.7 Å². The predicted octanol–water partition coefficient (Wildman–Crippen LogP) is 3.76. The molecule has 2 N–H and O–H groups in total. The van der Waals surface area contributed by atoms with Gasteiger partial charge in [-0.3, -0.25) is 0 Å². The Bertz CT molecular complexity index is 331. The van der Waals surface area contributed by atoms with Crippen molar-refractivity contribution in [3.63, 3.8) is 0 Å². The zero-order chi connectivity index (χ0) is 12.2. The highest BCUT2D eigenvalue weighted by molar-refractivity contribution is 5.49. The molecule has 1 rings (SSSR count). The van der Waals surface area contributed by atoms with Crippen LogP contribution in [0.3, 0.4) is 0 Å². The summed E-state index contributed by atoms with van der Waals surface area (Å²) in [6.45, 7) is 5.44. The van der Waals surface area contributed by atoms with Crippen molar-refractivity contribution in [1.29, 1.82) is 0 Å². The van der Waals surface area contributed by atoms with E-state index in [1.165, 1.54) is 6.92 Å². The molecule has 0 aromatic heterocycles. The molecule has 1 aromatic rings. The van der Waals surface area contributed by atoms with E-state index in [1.54, 1.807) is 0 Å². The first kappa shape index (κ1) is 13.7. The van der Waals surface area contributed by atoms with E-state index in [0.717, 1.165) is 6.07 Å². The normalized spacial score (nSPS) is 10.6. The van der Waals surface area contributed by atoms with Crippen LogP contribution >= 0.6 is 0 Å². The van der Waals surface area contributed by atoms with E-state index in [2.05, 4.69) is 0 Å². The fourth-order valence-electron chi connectivity index (χ4n) is 0.907. The highest BCUT2D eigenvalue weighted by Gasteiger charge is 2.34. The standard InChI is InChI=1S/C8H7F4N.C2H6/c1-4-2-6(9)5(3-7(4)13)8(10,11)12;1-2/h2-3H,13H2,1H3;1-2H3. The number of hydrogen-bond donors (Lipinski definition) is 1. The van der Waals surface area contributed by atoms with Crippen molar-refractivity contribution in [2.24, 2.45) is 0 Å². The number of nitrogens with two attached hydrogens (primary N) is 1. The Balaban J connectivity index is 0.000000921. The molecule has 0 unspecified atom stereocenters. The minimum atomic E-state index is -4.69. The number of nitrogen functional groups attached to an aromatic ring is 1. The van der Waals surface area contributed by atoms with Crippen molar-refractivity contribution >= 4 is 5.69 Å². The van der Waals surface area contributed by atoms with Gasteiger partial charge in [0.25, 0.3) is 0 Å². The fraction of sp³-hybridized carbons (Fsp3) is 0.400. The maximum atomic E-state index is 12.8. The molecule has 0 spiro atoms. The van der Waals surface area contributed by atoms with Crippen LogP contribution in [0.4, 0.5) is 23.2 Å². The van der Waals surface area contributed by atoms with Crippen LogP contribution < -0.4 is 5.73 Å². The van der Waals surface area contributed by atoms with Crippen LogP contribution in [-0.4, -0.2) is 0 Å². The average Bonchev–Trinajstić information content (AvgIpc) is 2.13. The number of anilines is 1. The molecule has 1 nitrogen and oxygen atoms in total. The lowest BCUT2D eigenvalue weighted by Gasteiger charge is -2.09. The van der Waals surface area contributed by atoms with Crippen molar-refractivity contribution < 1.29 is 17.6 Å². The molecule has 86 valence electrons. The minimum absolute atomic E-state index is 0.0614. The van der Waals surface area contributed by atoms with Gasteiger partial charge >= 0.3 is 6.18 Å². The third-order valence-corrected chi connectivity index (χ3v) is 1.66. The molecule has 0 fully saturated rings. The van der Waals surface area contributed by atoms with E-state index in [0.29, 0.717) is 11.6 Å². The minimum Gasteiger partial charge on any atom is -0.398 e. The van der Waals surface area contributed by atoms with Crippen molar-refractivity contribution in [3.8, 4) is 0 Å². The zero-order valence-electron chi connectivity index (χ0n) is 8.74. The summed E-state index contributed by atoms with van der Waals surface area (Å²) >= 11 is 0. The van der Waals surface area contributed by atoms with Crippen LogP contribution in [-0.2, 0) is 6.18 Å². The molecule has 15 heavy (non-hydrogen) atoms. The Morgan fingerprint density at radius 1 is 1.13 bits per heavy atom. The molecule has 0 saturated carbocycles. The average molecular weight is 223 g/mol. The van der Waals surface area contributed by atoms with Gasteiger partial charge in [0.1, 0.15) is 5.82 Å². The van der Waals surface area contributed by atoms with Gasteiger partial charge in [-0.15, -0.1) is 0 Å². The van der Waals surface area contributed by atoms with E-state index in [4.69, 9.17) is 5.73 Å². The molecule has 0 atom stereocenters. The SMILES string of the molecule is CC.Cc1cc(F)c(C(F)(F)F)cc1N. The summed E-state index contributed by atoms with van der Waals surface area (Å²) in [5.74, 6) is -1.29. The van der Waals surface area contributed by atoms with E-state index >= 15 is 0 Å². The maximum absolute atomic E-state index is 12.8. The first-order valence-corrected chi connectivity index (χ1v) is 4.45. The number of rotatable bonds is 0. The van der Waals surface area contributed by atoms with E-state index in [-0.39, 0.29) is 5.69 Å². The summed E-state index contributed by atoms with van der Waals surface area (Å²) in [6.07, 6.45) is -4.69. The summed E-state index contributed by atoms with van der Waals surface area (Å²) in [4.78, 5) is 0. The van der Waals surface area contributed by atoms with Crippen molar-refractivity contribution in [1.82, 2.24) is 0 Å². The Labute approximate surface area is 85.9 Å². The summed E-state index contributed by atoms with van der Waals surface area (Å²) in [5.41, 5.74) is 4.13. The fourth-order valence-corrected chi connectivity index (χ4v) is 0.907. The van der Waals surface area contributed by atoms with Gasteiger partial charge in [0, 0.05) is 5.69 Å². The largest absolute Gasteiger partial charge is 0.419 e. The number of alkyl halides is 3. The zero-order valence-corrected chi connectivity index (χ0v) is 8.74. The lowest BCUT2D eigenvalue weighted by Crippen LogP contribution is -2.09. The van der Waals surface area contributed by atoms with Crippen LogP contribution in [0.5, 0.6) is 0 Å². The third-order valence-electron chi connectivity index (χ3n) is 1.66. The second kappa shape index (κ2) is 5.00. The van der Waals surface area contributed by atoms with Gasteiger partial charge in [-0.25, -0.2) is 4.39 Å². The molecule has 0 aliphatic rings. The molecule has 0 bridgehead atoms. The molecule has 0 radical (unpaired) electrons. The van der Waals surface area contributed by atoms with E-state index in [9.17, 15) is 17.6 Å². The summed E-state index contributed by atoms with van der Waals surface area (Å²) in [6, 6.07) is 1.38. The van der Waals surface area contributed by atoms with E-state index in [1.807, 2.05) is 13.8 Å². The first-order chi connectivity index (χ1) is 6.82. The van der Waals surface area contributed by atoms with Gasteiger partial charge in [-0.1, -0.05) is 13.8 Å². The summed E-state index contributed by atoms with van der Waals surface area (Å²) in [7, 11) is 0. The monoisotopic (exact) mass is 223 g/mol. The molecular formula is C10H13F4N. The van der Waals surface area contributed by atoms with Crippen LogP contribution in [0.15, 0.2) is 12.1 Å². The number of halogens is 4. The smallest absolute Gasteiger partial charge is 0.398 e. The van der Waals surface area contributed by atoms with Gasteiger partial charge in [0.05, 0.1) is 5.56 Å². The molecule has 0 aliphatic carbocycles. The van der Waals surface area contributed by atoms with Gasteiger partial charge in [0.15, 0.2) is 0 Å². The topological polar surface area (TPSA) is 26.0 Å². The summed E-state index contributed by atoms with van der Waals surface area (Å²) in [5, 5.41) is 0. The highest BCUT2D eigenvalue weighted by Crippen LogP contribution is 2.33. The van der Waals surface area contributed by atoms with Crippen LogP contribution in [0.1, 0.15) is 25.0 Å². The van der Waals surface area contributed by atoms with E-state index < -0.39 is 17.6 Å². The van der Waals surface area contributed by atoms with Gasteiger partial charge in [-0.05, 0) is 24.6 Å². The second-order valence-electron chi connectivity index (χ2n) is 2.69. The second-order valence-corrected chi connectivity index (χ2v) is 2.69. The Kier molecular flexibility index (Phi) is 4.58. The Hall–Kier alpha value is -1.26. The van der Waals surface area contributed by atoms with Gasteiger partial charge in [-0.2, -0.15) is 13.2 Å². The van der Waals surface area contributed by atoms with Crippen molar-refractivity contribution in [2.75, 3.05) is 5.73 Å². The predicted molar refractivity (Wildman–Crippen MR) is 51.9 cm³/mol. The number of hydrogen-bond acceptors (Lipinski definition) is 1. The molecule has 5 heteroatoms. The number of benzene rings is 1. The third kappa shape index (κ3) is 3.42. The maximum Gasteiger partial charge on any atom is 0.419 e. The molecular weight excluding hydrogens is 210 g/mol. The summed E-state index contributed by atoms with van der Waals surface area (Å²) < 4.78 is 48.9. The van der Waals surface area contributed by atoms with Crippen LogP contribution in [0.25, 0.3) is 0 Å². The van der Waals surface area contributed by atoms with Gasteiger partial charge < -0.3 is 5.73 Å². The lowest BCUT2D eigenvalue weighted by molar-refractivity contribution is -0.139.